The van der Waals surface area contributed by atoms with Gasteiger partial charge in [-0.3, -0.25) is 4.90 Å². The number of nitrogens with zero attached hydrogens (tertiary/aromatic N) is 2. The number of aromatic nitrogens is 1. The lowest BCUT2D eigenvalue weighted by atomic mass is 9.72. The van der Waals surface area contributed by atoms with Gasteiger partial charge in [0.05, 0.1) is 11.8 Å². The van der Waals surface area contributed by atoms with Gasteiger partial charge in [0.25, 0.3) is 0 Å². The molecule has 1 aromatic carbocycles. The Morgan fingerprint density at radius 2 is 2.00 bits per heavy atom. The molecule has 142 valence electrons. The minimum Gasteiger partial charge on any atom is -0.362 e. The van der Waals surface area contributed by atoms with Crippen molar-refractivity contribution in [1.29, 1.82) is 0 Å². The fraction of sp³-hybridized carbons (Fsp3) is 0.611. The Morgan fingerprint density at radius 1 is 1.31 bits per heavy atom. The van der Waals surface area contributed by atoms with Crippen LogP contribution < -0.4 is 5.32 Å². The first-order chi connectivity index (χ1) is 12.2. The van der Waals surface area contributed by atoms with Crippen LogP contribution in [0, 0.1) is 5.92 Å². The maximum atomic E-state index is 12.9. The maximum Gasteiger partial charge on any atom is 0.393 e. The van der Waals surface area contributed by atoms with Crippen molar-refractivity contribution in [2.45, 2.75) is 50.9 Å². The Morgan fingerprint density at radius 3 is 2.62 bits per heavy atom. The number of halogens is 4. The number of rotatable bonds is 3. The highest BCUT2D eigenvalue weighted by molar-refractivity contribution is 6.32. The van der Waals surface area contributed by atoms with Crippen molar-refractivity contribution in [3.05, 3.63) is 22.7 Å². The molecular formula is C18H21ClF3N3O. The molecular weight excluding hydrogens is 367 g/mol. The fourth-order valence-electron chi connectivity index (χ4n) is 4.53. The zero-order valence-electron chi connectivity index (χ0n) is 14.7. The summed E-state index contributed by atoms with van der Waals surface area (Å²) in [5, 5.41) is 8.09. The van der Waals surface area contributed by atoms with Crippen LogP contribution in [0.2, 0.25) is 5.02 Å². The highest BCUT2D eigenvalue weighted by Gasteiger charge is 2.48. The van der Waals surface area contributed by atoms with Crippen LogP contribution in [0.4, 0.5) is 19.0 Å². The van der Waals surface area contributed by atoms with Gasteiger partial charge in [-0.05, 0) is 57.8 Å². The standard InChI is InChI=1S/C18H21ClF3N3O/c1-17(2)15(10-5-7-25(17)8-6-10)23-16-11-3-4-13(19)12(9-18(20,21)22)14(11)26-24-16/h3-4,10,15H,5-9H2,1-2H3,(H,23,24). The topological polar surface area (TPSA) is 41.3 Å². The van der Waals surface area contributed by atoms with Gasteiger partial charge in [0.1, 0.15) is 0 Å². The number of benzene rings is 1. The molecule has 0 amide bonds. The van der Waals surface area contributed by atoms with Gasteiger partial charge >= 0.3 is 6.18 Å². The molecule has 1 unspecified atom stereocenters. The Bertz CT molecular complexity index is 825. The van der Waals surface area contributed by atoms with Gasteiger partial charge in [0, 0.05) is 22.2 Å². The van der Waals surface area contributed by atoms with Crippen LogP contribution in [0.15, 0.2) is 16.7 Å². The molecule has 4 nitrogen and oxygen atoms in total. The molecule has 1 atom stereocenters. The molecule has 1 aromatic heterocycles. The first kappa shape index (κ1) is 17.9. The summed E-state index contributed by atoms with van der Waals surface area (Å²) in [4.78, 5) is 2.46. The van der Waals surface area contributed by atoms with Gasteiger partial charge in [-0.15, -0.1) is 0 Å². The second-order valence-electron chi connectivity index (χ2n) is 7.83. The van der Waals surface area contributed by atoms with Crippen LogP contribution in [-0.4, -0.2) is 40.9 Å². The lowest BCUT2D eigenvalue weighted by molar-refractivity contribution is -0.127. The van der Waals surface area contributed by atoms with Crippen LogP contribution in [0.3, 0.4) is 0 Å². The lowest BCUT2D eigenvalue weighted by Gasteiger charge is -2.56. The van der Waals surface area contributed by atoms with Crippen LogP contribution in [0.1, 0.15) is 32.3 Å². The first-order valence-electron chi connectivity index (χ1n) is 8.82. The SMILES string of the molecule is CC1(C)C(Nc2noc3c(CC(F)(F)F)c(Cl)ccc23)C2CCN1CC2. The number of nitrogens with one attached hydrogen (secondary N) is 1. The van der Waals surface area contributed by atoms with E-state index in [0.29, 0.717) is 17.1 Å². The summed E-state index contributed by atoms with van der Waals surface area (Å²) in [5.74, 6) is 1.01. The number of anilines is 1. The third kappa shape index (κ3) is 2.95. The molecule has 8 heteroatoms. The zero-order valence-corrected chi connectivity index (χ0v) is 15.4. The molecule has 3 aliphatic rings. The zero-order chi connectivity index (χ0) is 18.7. The van der Waals surface area contributed by atoms with Gasteiger partial charge in [-0.2, -0.15) is 13.2 Å². The molecule has 0 radical (unpaired) electrons. The van der Waals surface area contributed by atoms with E-state index >= 15 is 0 Å². The first-order valence-corrected chi connectivity index (χ1v) is 9.20. The molecule has 3 saturated heterocycles. The second-order valence-corrected chi connectivity index (χ2v) is 8.23. The van der Waals surface area contributed by atoms with E-state index in [4.69, 9.17) is 16.1 Å². The molecule has 0 aliphatic carbocycles. The predicted molar refractivity (Wildman–Crippen MR) is 94.6 cm³/mol. The van der Waals surface area contributed by atoms with Crippen molar-refractivity contribution in [2.24, 2.45) is 5.92 Å². The average Bonchev–Trinajstić information content (AvgIpc) is 2.96. The lowest BCUT2D eigenvalue weighted by Crippen LogP contribution is -2.66. The summed E-state index contributed by atoms with van der Waals surface area (Å²) in [6.07, 6.45) is -3.27. The number of piperidine rings is 3. The van der Waals surface area contributed by atoms with Gasteiger partial charge in [-0.1, -0.05) is 16.8 Å². The van der Waals surface area contributed by atoms with Gasteiger partial charge in [0.2, 0.25) is 0 Å². The van der Waals surface area contributed by atoms with E-state index in [9.17, 15) is 13.2 Å². The number of hydrogen-bond donors (Lipinski definition) is 1. The largest absolute Gasteiger partial charge is 0.393 e. The quantitative estimate of drug-likeness (QED) is 0.815. The summed E-state index contributed by atoms with van der Waals surface area (Å²) >= 11 is 5.99. The molecule has 0 saturated carbocycles. The maximum absolute atomic E-state index is 12.9. The molecule has 5 rings (SSSR count). The summed E-state index contributed by atoms with van der Waals surface area (Å²) in [7, 11) is 0. The number of alkyl halides is 3. The third-order valence-corrected chi connectivity index (χ3v) is 6.30. The Hall–Kier alpha value is -1.47. The van der Waals surface area contributed by atoms with Crippen LogP contribution in [-0.2, 0) is 6.42 Å². The van der Waals surface area contributed by atoms with Crippen LogP contribution in [0.5, 0.6) is 0 Å². The average molecular weight is 388 g/mol. The van der Waals surface area contributed by atoms with E-state index in [0.717, 1.165) is 25.9 Å². The predicted octanol–water partition coefficient (Wildman–Crippen LogP) is 4.87. The molecule has 0 spiro atoms. The summed E-state index contributed by atoms with van der Waals surface area (Å²) in [5.41, 5.74) is -0.00462. The van der Waals surface area contributed by atoms with Gasteiger partial charge in [-0.25, -0.2) is 0 Å². The summed E-state index contributed by atoms with van der Waals surface area (Å²) in [6, 6.07) is 3.32. The molecule has 3 aliphatic heterocycles. The molecule has 1 N–H and O–H groups in total. The highest BCUT2D eigenvalue weighted by Crippen LogP contribution is 2.42. The van der Waals surface area contributed by atoms with E-state index in [1.807, 2.05) is 0 Å². The normalized spacial score (nSPS) is 27.8. The number of fused-ring (bicyclic) bond motifs is 4. The van der Waals surface area contributed by atoms with Crippen molar-refractivity contribution in [3.8, 4) is 0 Å². The smallest absolute Gasteiger partial charge is 0.362 e. The van der Waals surface area contributed by atoms with Crippen molar-refractivity contribution >= 4 is 28.4 Å². The third-order valence-electron chi connectivity index (χ3n) is 5.94. The van der Waals surface area contributed by atoms with E-state index in [1.54, 1.807) is 6.07 Å². The van der Waals surface area contributed by atoms with Gasteiger partial charge in [0.15, 0.2) is 11.4 Å². The van der Waals surface area contributed by atoms with E-state index in [-0.39, 0.29) is 27.7 Å². The van der Waals surface area contributed by atoms with Crippen molar-refractivity contribution in [3.63, 3.8) is 0 Å². The van der Waals surface area contributed by atoms with Crippen LogP contribution >= 0.6 is 11.6 Å². The van der Waals surface area contributed by atoms with E-state index < -0.39 is 12.6 Å². The molecule has 3 fully saturated rings. The van der Waals surface area contributed by atoms with E-state index in [2.05, 4.69) is 29.2 Å². The van der Waals surface area contributed by atoms with Crippen molar-refractivity contribution in [1.82, 2.24) is 10.1 Å². The summed E-state index contributed by atoms with van der Waals surface area (Å²) in [6.45, 7) is 6.57. The van der Waals surface area contributed by atoms with Crippen molar-refractivity contribution in [2.75, 3.05) is 18.4 Å². The monoisotopic (exact) mass is 387 g/mol. The minimum atomic E-state index is -4.36. The molecule has 4 heterocycles. The molecule has 2 bridgehead atoms. The Kier molecular flexibility index (Phi) is 4.15. The Balaban J connectivity index is 1.69. The van der Waals surface area contributed by atoms with Crippen molar-refractivity contribution < 1.29 is 17.7 Å². The van der Waals surface area contributed by atoms with E-state index in [1.165, 1.54) is 6.07 Å². The molecule has 2 aromatic rings. The summed E-state index contributed by atoms with van der Waals surface area (Å²) < 4.78 is 44.0. The fourth-order valence-corrected chi connectivity index (χ4v) is 4.74. The number of hydrogen-bond acceptors (Lipinski definition) is 4. The van der Waals surface area contributed by atoms with Gasteiger partial charge < -0.3 is 9.84 Å². The minimum absolute atomic E-state index is 0.0423. The molecule has 26 heavy (non-hydrogen) atoms. The Labute approximate surface area is 154 Å². The highest BCUT2D eigenvalue weighted by atomic mass is 35.5. The second kappa shape index (κ2) is 6.02. The van der Waals surface area contributed by atoms with Crippen LogP contribution in [0.25, 0.3) is 11.0 Å².